The first-order chi connectivity index (χ1) is 10.1. The summed E-state index contributed by atoms with van der Waals surface area (Å²) < 4.78 is 0. The molecule has 0 unspecified atom stereocenters. The van der Waals surface area contributed by atoms with Crippen molar-refractivity contribution in [3.63, 3.8) is 0 Å². The number of rotatable bonds is 11. The standard InChI is InChI=1S/C17H33N3S/c1-6-10-18-13-16-15(12-14(4)5)19-17(21-16)9-11-20(7-2)8-3/h14,18H,6-13H2,1-5H3. The maximum atomic E-state index is 4.92. The topological polar surface area (TPSA) is 28.2 Å². The van der Waals surface area contributed by atoms with Crippen molar-refractivity contribution < 1.29 is 0 Å². The minimum absolute atomic E-state index is 0.674. The van der Waals surface area contributed by atoms with E-state index in [-0.39, 0.29) is 0 Å². The highest BCUT2D eigenvalue weighted by molar-refractivity contribution is 7.11. The second-order valence-electron chi connectivity index (χ2n) is 6.03. The SMILES string of the molecule is CCCNCc1sc(CCN(CC)CC)nc1CC(C)C. The van der Waals surface area contributed by atoms with Gasteiger partial charge in [-0.2, -0.15) is 0 Å². The van der Waals surface area contributed by atoms with E-state index in [4.69, 9.17) is 4.98 Å². The molecule has 0 saturated carbocycles. The summed E-state index contributed by atoms with van der Waals surface area (Å²) in [5.74, 6) is 0.674. The van der Waals surface area contributed by atoms with Crippen LogP contribution in [0.15, 0.2) is 0 Å². The summed E-state index contributed by atoms with van der Waals surface area (Å²) in [5, 5.41) is 4.84. The zero-order valence-corrected chi connectivity index (χ0v) is 15.4. The Kier molecular flexibility index (Phi) is 9.13. The van der Waals surface area contributed by atoms with Gasteiger partial charge in [0.05, 0.1) is 10.7 Å². The fourth-order valence-corrected chi connectivity index (χ4v) is 3.45. The maximum Gasteiger partial charge on any atom is 0.0944 e. The molecule has 1 N–H and O–H groups in total. The van der Waals surface area contributed by atoms with Crippen LogP contribution in [0, 0.1) is 5.92 Å². The number of hydrogen-bond acceptors (Lipinski definition) is 4. The summed E-state index contributed by atoms with van der Waals surface area (Å²) in [4.78, 5) is 8.84. The van der Waals surface area contributed by atoms with Crippen molar-refractivity contribution in [1.29, 1.82) is 0 Å². The molecule has 4 heteroatoms. The lowest BCUT2D eigenvalue weighted by atomic mass is 10.1. The van der Waals surface area contributed by atoms with E-state index in [2.05, 4.69) is 44.8 Å². The van der Waals surface area contributed by atoms with Crippen LogP contribution >= 0.6 is 11.3 Å². The smallest absolute Gasteiger partial charge is 0.0944 e. The number of nitrogens with zero attached hydrogens (tertiary/aromatic N) is 2. The van der Waals surface area contributed by atoms with Crippen molar-refractivity contribution in [1.82, 2.24) is 15.2 Å². The van der Waals surface area contributed by atoms with Crippen LogP contribution in [0.4, 0.5) is 0 Å². The predicted octanol–water partition coefficient (Wildman–Crippen LogP) is 3.73. The highest BCUT2D eigenvalue weighted by Crippen LogP contribution is 2.22. The predicted molar refractivity (Wildman–Crippen MR) is 94.1 cm³/mol. The molecular weight excluding hydrogens is 278 g/mol. The van der Waals surface area contributed by atoms with Gasteiger partial charge in [-0.15, -0.1) is 11.3 Å². The van der Waals surface area contributed by atoms with Gasteiger partial charge in [-0.05, 0) is 38.4 Å². The summed E-state index contributed by atoms with van der Waals surface area (Å²) in [6.45, 7) is 16.7. The molecule has 0 saturated heterocycles. The highest BCUT2D eigenvalue weighted by Gasteiger charge is 2.13. The largest absolute Gasteiger partial charge is 0.312 e. The molecule has 0 fully saturated rings. The number of hydrogen-bond donors (Lipinski definition) is 1. The Labute approximate surface area is 135 Å². The van der Waals surface area contributed by atoms with Gasteiger partial charge >= 0.3 is 0 Å². The molecule has 3 nitrogen and oxygen atoms in total. The van der Waals surface area contributed by atoms with Crippen LogP contribution in [0.2, 0.25) is 0 Å². The monoisotopic (exact) mass is 311 g/mol. The van der Waals surface area contributed by atoms with Gasteiger partial charge in [-0.3, -0.25) is 0 Å². The number of likely N-dealkylation sites (N-methyl/N-ethyl adjacent to an activating group) is 1. The van der Waals surface area contributed by atoms with Crippen LogP contribution in [0.1, 0.15) is 56.6 Å². The van der Waals surface area contributed by atoms with Crippen LogP contribution < -0.4 is 5.32 Å². The molecule has 0 atom stereocenters. The first-order valence-corrected chi connectivity index (χ1v) is 9.32. The lowest BCUT2D eigenvalue weighted by Gasteiger charge is -2.16. The van der Waals surface area contributed by atoms with E-state index < -0.39 is 0 Å². The van der Waals surface area contributed by atoms with E-state index in [1.807, 2.05) is 11.3 Å². The van der Waals surface area contributed by atoms with Crippen LogP contribution in [0.3, 0.4) is 0 Å². The number of nitrogens with one attached hydrogen (secondary N) is 1. The van der Waals surface area contributed by atoms with E-state index in [0.717, 1.165) is 45.6 Å². The first-order valence-electron chi connectivity index (χ1n) is 8.51. The molecule has 1 heterocycles. The van der Waals surface area contributed by atoms with Gasteiger partial charge in [0.2, 0.25) is 0 Å². The van der Waals surface area contributed by atoms with Crippen molar-refractivity contribution >= 4 is 11.3 Å². The van der Waals surface area contributed by atoms with Crippen molar-refractivity contribution in [3.05, 3.63) is 15.6 Å². The van der Waals surface area contributed by atoms with Crippen LogP contribution in [-0.4, -0.2) is 36.1 Å². The van der Waals surface area contributed by atoms with E-state index in [9.17, 15) is 0 Å². The molecule has 122 valence electrons. The zero-order valence-electron chi connectivity index (χ0n) is 14.5. The molecule has 0 aliphatic carbocycles. The lowest BCUT2D eigenvalue weighted by molar-refractivity contribution is 0.308. The second kappa shape index (κ2) is 10.3. The highest BCUT2D eigenvalue weighted by atomic mass is 32.1. The molecule has 21 heavy (non-hydrogen) atoms. The number of aromatic nitrogens is 1. The van der Waals surface area contributed by atoms with Gasteiger partial charge in [0.1, 0.15) is 0 Å². The molecule has 0 spiro atoms. The van der Waals surface area contributed by atoms with Crippen molar-refractivity contribution in [2.75, 3.05) is 26.2 Å². The summed E-state index contributed by atoms with van der Waals surface area (Å²) in [6.07, 6.45) is 3.38. The second-order valence-corrected chi connectivity index (χ2v) is 7.20. The van der Waals surface area contributed by atoms with Crippen molar-refractivity contribution in [2.45, 2.75) is 60.4 Å². The summed E-state index contributed by atoms with van der Waals surface area (Å²) >= 11 is 1.91. The Hall–Kier alpha value is -0.450. The normalized spacial score (nSPS) is 11.8. The molecule has 0 radical (unpaired) electrons. The molecule has 0 aromatic carbocycles. The Morgan fingerprint density at radius 1 is 1.19 bits per heavy atom. The number of thiazole rings is 1. The molecule has 1 rings (SSSR count). The van der Waals surface area contributed by atoms with Gasteiger partial charge in [0, 0.05) is 24.4 Å². The average molecular weight is 312 g/mol. The molecule has 0 aliphatic rings. The van der Waals surface area contributed by atoms with E-state index >= 15 is 0 Å². The Balaban J connectivity index is 2.66. The van der Waals surface area contributed by atoms with Crippen LogP contribution in [0.5, 0.6) is 0 Å². The quantitative estimate of drug-likeness (QED) is 0.631. The van der Waals surface area contributed by atoms with Gasteiger partial charge in [-0.25, -0.2) is 4.98 Å². The van der Waals surface area contributed by atoms with E-state index in [0.29, 0.717) is 5.92 Å². The molecule has 0 bridgehead atoms. The van der Waals surface area contributed by atoms with Gasteiger partial charge < -0.3 is 10.2 Å². The van der Waals surface area contributed by atoms with Gasteiger partial charge in [0.25, 0.3) is 0 Å². The zero-order chi connectivity index (χ0) is 15.7. The summed E-state index contributed by atoms with van der Waals surface area (Å²) in [5.41, 5.74) is 1.33. The van der Waals surface area contributed by atoms with Gasteiger partial charge in [-0.1, -0.05) is 34.6 Å². The fourth-order valence-electron chi connectivity index (χ4n) is 2.40. The molecule has 0 amide bonds. The van der Waals surface area contributed by atoms with E-state index in [1.54, 1.807) is 0 Å². The minimum Gasteiger partial charge on any atom is -0.312 e. The van der Waals surface area contributed by atoms with Crippen LogP contribution in [-0.2, 0) is 19.4 Å². The Morgan fingerprint density at radius 2 is 1.90 bits per heavy atom. The van der Waals surface area contributed by atoms with Gasteiger partial charge in [0.15, 0.2) is 0 Å². The minimum atomic E-state index is 0.674. The Morgan fingerprint density at radius 3 is 2.48 bits per heavy atom. The lowest BCUT2D eigenvalue weighted by Crippen LogP contribution is -2.25. The molecule has 1 aromatic heterocycles. The molecular formula is C17H33N3S. The summed E-state index contributed by atoms with van der Waals surface area (Å²) in [6, 6.07) is 0. The Bertz CT molecular complexity index is 383. The fraction of sp³-hybridized carbons (Fsp3) is 0.824. The molecule has 0 aliphatic heterocycles. The van der Waals surface area contributed by atoms with E-state index in [1.165, 1.54) is 22.0 Å². The third-order valence-electron chi connectivity index (χ3n) is 3.67. The first kappa shape index (κ1) is 18.6. The van der Waals surface area contributed by atoms with Crippen molar-refractivity contribution in [3.8, 4) is 0 Å². The summed E-state index contributed by atoms with van der Waals surface area (Å²) in [7, 11) is 0. The average Bonchev–Trinajstić information content (AvgIpc) is 2.82. The van der Waals surface area contributed by atoms with Crippen LogP contribution in [0.25, 0.3) is 0 Å². The maximum absolute atomic E-state index is 4.92. The third kappa shape index (κ3) is 6.90. The third-order valence-corrected chi connectivity index (χ3v) is 4.83. The van der Waals surface area contributed by atoms with Crippen molar-refractivity contribution in [2.24, 2.45) is 5.92 Å². The molecule has 1 aromatic rings.